The van der Waals surface area contributed by atoms with Crippen LogP contribution in [-0.4, -0.2) is 13.1 Å². The van der Waals surface area contributed by atoms with Crippen LogP contribution in [0.1, 0.15) is 21.7 Å². The van der Waals surface area contributed by atoms with Gasteiger partial charge in [0.05, 0.1) is 12.7 Å². The molecular weight excluding hydrogens is 283 g/mol. The first-order chi connectivity index (χ1) is 10.7. The van der Waals surface area contributed by atoms with Gasteiger partial charge in [0.15, 0.2) is 0 Å². The molecule has 110 valence electrons. The summed E-state index contributed by atoms with van der Waals surface area (Å²) in [6, 6.07) is 13.2. The van der Waals surface area contributed by atoms with Crippen molar-refractivity contribution in [2.24, 2.45) is 0 Å². The van der Waals surface area contributed by atoms with Crippen LogP contribution < -0.4 is 0 Å². The molecule has 0 aliphatic carbocycles. The van der Waals surface area contributed by atoms with Crippen LogP contribution >= 0.6 is 0 Å². The van der Waals surface area contributed by atoms with Crippen molar-refractivity contribution < 1.29 is 18.3 Å². The first-order valence-corrected chi connectivity index (χ1v) is 6.71. The molecule has 0 unspecified atom stereocenters. The number of halogens is 1. The lowest BCUT2D eigenvalue weighted by Crippen LogP contribution is -1.99. The molecule has 1 aromatic heterocycles. The Bertz CT molecular complexity index is 844. The summed E-state index contributed by atoms with van der Waals surface area (Å²) in [4.78, 5) is 11.5. The van der Waals surface area contributed by atoms with E-state index >= 15 is 0 Å². The van der Waals surface area contributed by atoms with Crippen LogP contribution in [-0.2, 0) is 4.74 Å². The Hall–Kier alpha value is -2.88. The average molecular weight is 296 g/mol. The van der Waals surface area contributed by atoms with Gasteiger partial charge in [-0.3, -0.25) is 0 Å². The van der Waals surface area contributed by atoms with Crippen LogP contribution in [0.3, 0.4) is 0 Å². The highest BCUT2D eigenvalue weighted by atomic mass is 19.1. The molecule has 0 radical (unpaired) electrons. The number of furan rings is 1. The Morgan fingerprint density at radius 3 is 2.59 bits per heavy atom. The summed E-state index contributed by atoms with van der Waals surface area (Å²) < 4.78 is 23.2. The second kappa shape index (κ2) is 5.85. The summed E-state index contributed by atoms with van der Waals surface area (Å²) in [5.41, 5.74) is 1.93. The number of rotatable bonds is 3. The Labute approximate surface area is 126 Å². The van der Waals surface area contributed by atoms with Gasteiger partial charge in [-0.1, -0.05) is 24.3 Å². The van der Waals surface area contributed by atoms with Crippen LogP contribution in [0.15, 0.2) is 52.9 Å². The van der Waals surface area contributed by atoms with Gasteiger partial charge >= 0.3 is 5.97 Å². The second-order valence-electron chi connectivity index (χ2n) is 4.78. The minimum atomic E-state index is -0.401. The van der Waals surface area contributed by atoms with E-state index in [1.807, 2.05) is 12.1 Å². The Morgan fingerprint density at radius 1 is 1.09 bits per heavy atom. The zero-order chi connectivity index (χ0) is 15.5. The van der Waals surface area contributed by atoms with Crippen LogP contribution in [0.2, 0.25) is 0 Å². The molecule has 0 bridgehead atoms. The van der Waals surface area contributed by atoms with Crippen LogP contribution in [0.4, 0.5) is 4.39 Å². The number of benzene rings is 2. The highest BCUT2D eigenvalue weighted by Crippen LogP contribution is 2.22. The van der Waals surface area contributed by atoms with Gasteiger partial charge in [-0.05, 0) is 42.0 Å². The molecule has 3 nitrogen and oxygen atoms in total. The van der Waals surface area contributed by atoms with Crippen LogP contribution in [0, 0.1) is 5.82 Å². The van der Waals surface area contributed by atoms with E-state index in [0.717, 1.165) is 10.9 Å². The third-order valence-corrected chi connectivity index (χ3v) is 3.27. The van der Waals surface area contributed by atoms with Gasteiger partial charge < -0.3 is 9.15 Å². The molecule has 0 amide bonds. The van der Waals surface area contributed by atoms with E-state index in [-0.39, 0.29) is 5.82 Å². The summed E-state index contributed by atoms with van der Waals surface area (Å²) in [6.07, 6.45) is 3.63. The molecule has 0 aliphatic rings. The third-order valence-electron chi connectivity index (χ3n) is 3.27. The minimum Gasteiger partial charge on any atom is -0.465 e. The lowest BCUT2D eigenvalue weighted by molar-refractivity contribution is 0.0601. The van der Waals surface area contributed by atoms with E-state index in [0.29, 0.717) is 16.9 Å². The fraction of sp³-hybridized carbons (Fsp3) is 0.0556. The number of methoxy groups -OCH3 is 1. The van der Waals surface area contributed by atoms with Crippen LogP contribution in [0.5, 0.6) is 0 Å². The number of fused-ring (bicyclic) bond motifs is 1. The van der Waals surface area contributed by atoms with Gasteiger partial charge in [-0.15, -0.1) is 0 Å². The summed E-state index contributed by atoms with van der Waals surface area (Å²) in [5, 5.41) is 0.895. The monoisotopic (exact) mass is 296 g/mol. The molecule has 0 fully saturated rings. The lowest BCUT2D eigenvalue weighted by atomic mass is 10.1. The molecule has 3 aromatic rings. The highest BCUT2D eigenvalue weighted by molar-refractivity contribution is 5.94. The van der Waals surface area contributed by atoms with Crippen molar-refractivity contribution in [2.45, 2.75) is 0 Å². The van der Waals surface area contributed by atoms with E-state index in [1.165, 1.54) is 19.2 Å². The molecule has 1 heterocycles. The maximum atomic E-state index is 12.8. The van der Waals surface area contributed by atoms with E-state index in [4.69, 9.17) is 4.42 Å². The molecule has 4 heteroatoms. The molecule has 2 aromatic carbocycles. The van der Waals surface area contributed by atoms with Crippen molar-refractivity contribution in [1.29, 1.82) is 0 Å². The lowest BCUT2D eigenvalue weighted by Gasteiger charge is -1.97. The number of esters is 1. The zero-order valence-electron chi connectivity index (χ0n) is 11.9. The summed E-state index contributed by atoms with van der Waals surface area (Å²) in [6.45, 7) is 0. The molecule has 3 rings (SSSR count). The van der Waals surface area contributed by atoms with Gasteiger partial charge in [0.2, 0.25) is 0 Å². The molecular formula is C18H13FO3. The number of hydrogen-bond donors (Lipinski definition) is 0. The number of hydrogen-bond acceptors (Lipinski definition) is 3. The average Bonchev–Trinajstić information content (AvgIpc) is 2.95. The first kappa shape index (κ1) is 14.1. The van der Waals surface area contributed by atoms with Crippen LogP contribution in [0.25, 0.3) is 23.1 Å². The number of carbonyl (C=O) groups excluding carboxylic acids is 1. The predicted octanol–water partition coefficient (Wildman–Crippen LogP) is 4.53. The van der Waals surface area contributed by atoms with Crippen molar-refractivity contribution in [1.82, 2.24) is 0 Å². The number of carbonyl (C=O) groups is 1. The van der Waals surface area contributed by atoms with Crippen molar-refractivity contribution in [3.8, 4) is 0 Å². The van der Waals surface area contributed by atoms with Crippen molar-refractivity contribution in [2.75, 3.05) is 7.11 Å². The van der Waals surface area contributed by atoms with Gasteiger partial charge in [-0.2, -0.15) is 0 Å². The topological polar surface area (TPSA) is 39.4 Å². The van der Waals surface area contributed by atoms with E-state index in [9.17, 15) is 9.18 Å². The van der Waals surface area contributed by atoms with Crippen molar-refractivity contribution >= 4 is 29.1 Å². The normalized spacial score (nSPS) is 11.2. The summed E-state index contributed by atoms with van der Waals surface area (Å²) >= 11 is 0. The van der Waals surface area contributed by atoms with Crippen molar-refractivity contribution in [3.63, 3.8) is 0 Å². The zero-order valence-corrected chi connectivity index (χ0v) is 11.9. The number of ether oxygens (including phenoxy) is 1. The maximum absolute atomic E-state index is 12.8. The fourth-order valence-corrected chi connectivity index (χ4v) is 2.13. The molecule has 0 saturated carbocycles. The van der Waals surface area contributed by atoms with Gasteiger partial charge in [0.1, 0.15) is 17.2 Å². The second-order valence-corrected chi connectivity index (χ2v) is 4.78. The molecule has 0 spiro atoms. The Kier molecular flexibility index (Phi) is 3.74. The SMILES string of the molecule is COC(=O)c1ccc2cc(/C=C/c3ccc(F)cc3)oc2c1. The molecule has 0 atom stereocenters. The fourth-order valence-electron chi connectivity index (χ4n) is 2.13. The molecule has 0 N–H and O–H groups in total. The van der Waals surface area contributed by atoms with E-state index in [2.05, 4.69) is 4.74 Å². The molecule has 0 saturated heterocycles. The minimum absolute atomic E-state index is 0.267. The predicted molar refractivity (Wildman–Crippen MR) is 82.9 cm³/mol. The largest absolute Gasteiger partial charge is 0.465 e. The summed E-state index contributed by atoms with van der Waals surface area (Å²) in [7, 11) is 1.34. The Balaban J connectivity index is 1.88. The maximum Gasteiger partial charge on any atom is 0.337 e. The summed E-state index contributed by atoms with van der Waals surface area (Å²) in [5.74, 6) is -0.0146. The quantitative estimate of drug-likeness (QED) is 0.667. The van der Waals surface area contributed by atoms with Gasteiger partial charge in [0, 0.05) is 5.39 Å². The first-order valence-electron chi connectivity index (χ1n) is 6.71. The van der Waals surface area contributed by atoms with Crippen molar-refractivity contribution in [3.05, 3.63) is 71.2 Å². The van der Waals surface area contributed by atoms with Gasteiger partial charge in [0.25, 0.3) is 0 Å². The van der Waals surface area contributed by atoms with E-state index in [1.54, 1.807) is 36.4 Å². The third kappa shape index (κ3) is 2.91. The standard InChI is InChI=1S/C18H13FO3/c1-21-18(20)14-6-5-13-10-16(22-17(13)11-14)9-4-12-2-7-15(19)8-3-12/h2-11H,1H3/b9-4+. The smallest absolute Gasteiger partial charge is 0.337 e. The van der Waals surface area contributed by atoms with Gasteiger partial charge in [-0.25, -0.2) is 9.18 Å². The van der Waals surface area contributed by atoms with E-state index < -0.39 is 5.97 Å². The molecule has 22 heavy (non-hydrogen) atoms. The molecule has 0 aliphatic heterocycles. The highest BCUT2D eigenvalue weighted by Gasteiger charge is 2.08. The Morgan fingerprint density at radius 2 is 1.86 bits per heavy atom.